The van der Waals surface area contributed by atoms with E-state index < -0.39 is 0 Å². The van der Waals surface area contributed by atoms with Gasteiger partial charge in [0.25, 0.3) is 0 Å². The van der Waals surface area contributed by atoms with E-state index in [2.05, 4.69) is 6.58 Å². The second-order valence-electron chi connectivity index (χ2n) is 3.40. The molecule has 0 radical (unpaired) electrons. The minimum atomic E-state index is -0.178. The third-order valence-corrected chi connectivity index (χ3v) is 2.32. The number of hydrogen-bond donors (Lipinski definition) is 0. The van der Waals surface area contributed by atoms with E-state index >= 15 is 0 Å². The maximum atomic E-state index is 11.6. The van der Waals surface area contributed by atoms with E-state index in [1.165, 1.54) is 0 Å². The van der Waals surface area contributed by atoms with E-state index in [0.29, 0.717) is 21.9 Å². The van der Waals surface area contributed by atoms with E-state index in [1.54, 1.807) is 31.2 Å². The van der Waals surface area contributed by atoms with E-state index in [0.717, 1.165) is 5.39 Å². The Hall–Kier alpha value is -1.54. The predicted molar refractivity (Wildman–Crippen MR) is 60.4 cm³/mol. The number of halogens is 1. The Morgan fingerprint density at radius 2 is 2.13 bits per heavy atom. The van der Waals surface area contributed by atoms with Crippen LogP contribution >= 0.6 is 11.6 Å². The Morgan fingerprint density at radius 1 is 1.40 bits per heavy atom. The highest BCUT2D eigenvalue weighted by molar-refractivity contribution is 6.31. The largest absolute Gasteiger partial charge is 0.453 e. The van der Waals surface area contributed by atoms with Crippen LogP contribution in [0.1, 0.15) is 17.5 Å². The molecular formula is C12H9ClO2. The number of Topliss-reactive ketones (excluding diaryl/α,β-unsaturated/α-hetero) is 1. The molecule has 0 aliphatic rings. The number of rotatable bonds is 2. The lowest BCUT2D eigenvalue weighted by Crippen LogP contribution is -1.96. The van der Waals surface area contributed by atoms with Crippen molar-refractivity contribution in [3.63, 3.8) is 0 Å². The molecule has 1 aromatic heterocycles. The van der Waals surface area contributed by atoms with Crippen molar-refractivity contribution in [2.75, 3.05) is 0 Å². The van der Waals surface area contributed by atoms with Gasteiger partial charge in [0, 0.05) is 10.4 Å². The minimum absolute atomic E-state index is 0.178. The van der Waals surface area contributed by atoms with Crippen molar-refractivity contribution in [3.8, 4) is 0 Å². The zero-order valence-electron chi connectivity index (χ0n) is 8.21. The van der Waals surface area contributed by atoms with Crippen LogP contribution in [0.5, 0.6) is 0 Å². The first-order valence-corrected chi connectivity index (χ1v) is 4.85. The fourth-order valence-electron chi connectivity index (χ4n) is 1.34. The van der Waals surface area contributed by atoms with Crippen LogP contribution < -0.4 is 0 Å². The van der Waals surface area contributed by atoms with Crippen molar-refractivity contribution in [1.29, 1.82) is 0 Å². The highest BCUT2D eigenvalue weighted by Gasteiger charge is 2.12. The van der Waals surface area contributed by atoms with Crippen LogP contribution in [0.4, 0.5) is 0 Å². The molecular weight excluding hydrogens is 212 g/mol. The normalized spacial score (nSPS) is 10.5. The van der Waals surface area contributed by atoms with Crippen LogP contribution in [0.3, 0.4) is 0 Å². The van der Waals surface area contributed by atoms with Gasteiger partial charge in [0.05, 0.1) is 0 Å². The van der Waals surface area contributed by atoms with E-state index in [9.17, 15) is 4.79 Å². The average molecular weight is 221 g/mol. The van der Waals surface area contributed by atoms with Crippen LogP contribution in [0.2, 0.25) is 5.02 Å². The number of fused-ring (bicyclic) bond motifs is 1. The number of carbonyl (C=O) groups is 1. The van der Waals surface area contributed by atoms with Crippen molar-refractivity contribution in [3.05, 3.63) is 47.2 Å². The van der Waals surface area contributed by atoms with Gasteiger partial charge in [0.15, 0.2) is 5.76 Å². The number of ketones is 1. The first-order valence-electron chi connectivity index (χ1n) is 4.47. The molecule has 15 heavy (non-hydrogen) atoms. The van der Waals surface area contributed by atoms with Crippen molar-refractivity contribution in [1.82, 2.24) is 0 Å². The number of carbonyl (C=O) groups excluding carboxylic acids is 1. The SMILES string of the molecule is C=C(C)C(=O)c1cc2cc(Cl)ccc2o1. The van der Waals surface area contributed by atoms with Gasteiger partial charge in [0.2, 0.25) is 5.78 Å². The lowest BCUT2D eigenvalue weighted by Gasteiger charge is -1.91. The van der Waals surface area contributed by atoms with Crippen LogP contribution in [-0.2, 0) is 0 Å². The molecule has 0 unspecified atom stereocenters. The molecule has 0 saturated heterocycles. The van der Waals surface area contributed by atoms with Gasteiger partial charge in [-0.1, -0.05) is 18.2 Å². The van der Waals surface area contributed by atoms with Crippen molar-refractivity contribution in [2.45, 2.75) is 6.92 Å². The van der Waals surface area contributed by atoms with E-state index in [4.69, 9.17) is 16.0 Å². The van der Waals surface area contributed by atoms with Crippen molar-refractivity contribution in [2.24, 2.45) is 0 Å². The van der Waals surface area contributed by atoms with Gasteiger partial charge < -0.3 is 4.42 Å². The second-order valence-corrected chi connectivity index (χ2v) is 3.84. The maximum Gasteiger partial charge on any atom is 0.223 e. The monoisotopic (exact) mass is 220 g/mol. The molecule has 0 bridgehead atoms. The van der Waals surface area contributed by atoms with E-state index in [1.807, 2.05) is 0 Å². The fourth-order valence-corrected chi connectivity index (χ4v) is 1.52. The standard InChI is InChI=1S/C12H9ClO2/c1-7(2)12(14)11-6-8-5-9(13)3-4-10(8)15-11/h3-6H,1H2,2H3. The summed E-state index contributed by atoms with van der Waals surface area (Å²) in [4.78, 5) is 11.6. The first kappa shape index (κ1) is 9.99. The van der Waals surface area contributed by atoms with Gasteiger partial charge in [-0.05, 0) is 36.8 Å². The lowest BCUT2D eigenvalue weighted by molar-refractivity contribution is 0.101. The van der Waals surface area contributed by atoms with Crippen molar-refractivity contribution >= 4 is 28.4 Å². The van der Waals surface area contributed by atoms with Crippen LogP contribution in [0.25, 0.3) is 11.0 Å². The molecule has 0 atom stereocenters. The zero-order chi connectivity index (χ0) is 11.0. The molecule has 0 saturated carbocycles. The van der Waals surface area contributed by atoms with Gasteiger partial charge in [-0.2, -0.15) is 0 Å². The second kappa shape index (κ2) is 3.55. The predicted octanol–water partition coefficient (Wildman–Crippen LogP) is 3.85. The molecule has 0 N–H and O–H groups in total. The summed E-state index contributed by atoms with van der Waals surface area (Å²) in [5.74, 6) is 0.127. The number of allylic oxidation sites excluding steroid dienone is 1. The molecule has 1 heterocycles. The number of hydrogen-bond acceptors (Lipinski definition) is 2. The topological polar surface area (TPSA) is 30.2 Å². The minimum Gasteiger partial charge on any atom is -0.453 e. The Kier molecular flexibility index (Phi) is 2.37. The van der Waals surface area contributed by atoms with Crippen LogP contribution in [0, 0.1) is 0 Å². The summed E-state index contributed by atoms with van der Waals surface area (Å²) in [7, 11) is 0. The van der Waals surface area contributed by atoms with Gasteiger partial charge >= 0.3 is 0 Å². The summed E-state index contributed by atoms with van der Waals surface area (Å²) in [6.07, 6.45) is 0. The molecule has 0 aliphatic heterocycles. The number of benzene rings is 1. The van der Waals surface area contributed by atoms with E-state index in [-0.39, 0.29) is 5.78 Å². The summed E-state index contributed by atoms with van der Waals surface area (Å²) in [6, 6.07) is 6.91. The summed E-state index contributed by atoms with van der Waals surface area (Å²) in [5.41, 5.74) is 1.11. The summed E-state index contributed by atoms with van der Waals surface area (Å²) in [5, 5.41) is 1.45. The summed E-state index contributed by atoms with van der Waals surface area (Å²) < 4.78 is 5.38. The zero-order valence-corrected chi connectivity index (χ0v) is 8.97. The summed E-state index contributed by atoms with van der Waals surface area (Å²) in [6.45, 7) is 5.24. The fraction of sp³-hybridized carbons (Fsp3) is 0.0833. The third-order valence-electron chi connectivity index (χ3n) is 2.09. The lowest BCUT2D eigenvalue weighted by atomic mass is 10.1. The highest BCUT2D eigenvalue weighted by atomic mass is 35.5. The van der Waals surface area contributed by atoms with Gasteiger partial charge in [-0.25, -0.2) is 0 Å². The quantitative estimate of drug-likeness (QED) is 0.569. The van der Waals surface area contributed by atoms with Gasteiger partial charge in [-0.15, -0.1) is 0 Å². The first-order chi connectivity index (χ1) is 7.08. The van der Waals surface area contributed by atoms with Crippen molar-refractivity contribution < 1.29 is 9.21 Å². The Morgan fingerprint density at radius 3 is 2.80 bits per heavy atom. The molecule has 0 amide bonds. The Bertz CT molecular complexity index is 552. The van der Waals surface area contributed by atoms with Gasteiger partial charge in [-0.3, -0.25) is 4.79 Å². The smallest absolute Gasteiger partial charge is 0.223 e. The molecule has 2 nitrogen and oxygen atoms in total. The molecule has 2 rings (SSSR count). The Labute approximate surface area is 92.1 Å². The Balaban J connectivity index is 2.56. The average Bonchev–Trinajstić information content (AvgIpc) is 2.58. The molecule has 1 aromatic carbocycles. The van der Waals surface area contributed by atoms with Crippen LogP contribution in [-0.4, -0.2) is 5.78 Å². The highest BCUT2D eigenvalue weighted by Crippen LogP contribution is 2.24. The molecule has 3 heteroatoms. The molecule has 76 valence electrons. The maximum absolute atomic E-state index is 11.6. The van der Waals surface area contributed by atoms with Gasteiger partial charge in [0.1, 0.15) is 5.58 Å². The number of furan rings is 1. The molecule has 0 fully saturated rings. The molecule has 0 aliphatic carbocycles. The van der Waals surface area contributed by atoms with Crippen LogP contribution in [0.15, 0.2) is 40.8 Å². The summed E-state index contributed by atoms with van der Waals surface area (Å²) >= 11 is 5.83. The molecule has 0 spiro atoms. The third kappa shape index (κ3) is 1.81. The molecule has 2 aromatic rings.